The lowest BCUT2D eigenvalue weighted by atomic mass is 10.1. The van der Waals surface area contributed by atoms with Crippen LogP contribution in [0.3, 0.4) is 0 Å². The number of fused-ring (bicyclic) bond motifs is 1. The summed E-state index contributed by atoms with van der Waals surface area (Å²) in [6.07, 6.45) is 0. The third kappa shape index (κ3) is 2.38. The van der Waals surface area contributed by atoms with Gasteiger partial charge in [0, 0.05) is 6.07 Å². The van der Waals surface area contributed by atoms with E-state index < -0.39 is 29.1 Å². The van der Waals surface area contributed by atoms with Crippen molar-refractivity contribution in [1.29, 1.82) is 0 Å². The number of nitrogens with two attached hydrogens (primary N) is 1. The Morgan fingerprint density at radius 2 is 1.96 bits per heavy atom. The summed E-state index contributed by atoms with van der Waals surface area (Å²) >= 11 is 3.10. The highest BCUT2D eigenvalue weighted by molar-refractivity contribution is 9.10. The number of nitrogens with one attached hydrogen (secondary N) is 1. The van der Waals surface area contributed by atoms with Crippen molar-refractivity contribution in [2.75, 3.05) is 12.8 Å². The molecule has 128 valence electrons. The number of carbonyl (C=O) groups is 3. The van der Waals surface area contributed by atoms with Crippen molar-refractivity contribution < 1.29 is 24.2 Å². The number of pyridine rings is 1. The number of nitrogen functional groups attached to an aromatic ring is 1. The molecule has 0 bridgehead atoms. The van der Waals surface area contributed by atoms with Crippen LogP contribution >= 0.6 is 15.9 Å². The standard InChI is InChI=1S/C15H10BrN3O6/c1-25-15(24)5-2-3-7(10(16)11(5)21)19-8(20)4-6-9(12(19)17)14(23)18-13(6)22/h2-4,21H,17H2,1H3,(H,18,22,23). The Kier molecular flexibility index (Phi) is 3.84. The molecule has 2 amide bonds. The minimum Gasteiger partial charge on any atom is -0.506 e. The second-order valence-corrected chi connectivity index (χ2v) is 5.85. The normalized spacial score (nSPS) is 12.7. The van der Waals surface area contributed by atoms with Gasteiger partial charge in [0.1, 0.15) is 17.1 Å². The SMILES string of the molecule is COC(=O)c1ccc(-n2c(N)c3c(cc2=O)C(=O)NC3=O)c(Br)c1O. The molecule has 2 aromatic rings. The first kappa shape index (κ1) is 16.7. The van der Waals surface area contributed by atoms with E-state index in [9.17, 15) is 24.3 Å². The number of aromatic nitrogens is 1. The molecular weight excluding hydrogens is 398 g/mol. The van der Waals surface area contributed by atoms with Gasteiger partial charge in [-0.1, -0.05) is 0 Å². The van der Waals surface area contributed by atoms with Crippen LogP contribution in [0.5, 0.6) is 5.75 Å². The zero-order chi connectivity index (χ0) is 18.5. The number of esters is 1. The minimum absolute atomic E-state index is 0.00567. The number of carbonyl (C=O) groups excluding carboxylic acids is 3. The zero-order valence-electron chi connectivity index (χ0n) is 12.6. The Morgan fingerprint density at radius 3 is 2.60 bits per heavy atom. The lowest BCUT2D eigenvalue weighted by molar-refractivity contribution is 0.0597. The lowest BCUT2D eigenvalue weighted by Crippen LogP contribution is -2.24. The van der Waals surface area contributed by atoms with Crippen molar-refractivity contribution in [3.63, 3.8) is 0 Å². The van der Waals surface area contributed by atoms with E-state index in [0.29, 0.717) is 0 Å². The monoisotopic (exact) mass is 407 g/mol. The summed E-state index contributed by atoms with van der Waals surface area (Å²) in [6.45, 7) is 0. The predicted molar refractivity (Wildman–Crippen MR) is 89.0 cm³/mol. The van der Waals surface area contributed by atoms with E-state index in [2.05, 4.69) is 26.0 Å². The predicted octanol–water partition coefficient (Wildman–Crippen LogP) is 0.558. The Labute approximate surface area is 148 Å². The van der Waals surface area contributed by atoms with Gasteiger partial charge in [-0.15, -0.1) is 0 Å². The maximum atomic E-state index is 12.4. The fourth-order valence-electron chi connectivity index (χ4n) is 2.53. The van der Waals surface area contributed by atoms with Gasteiger partial charge in [-0.05, 0) is 28.1 Å². The van der Waals surface area contributed by atoms with Gasteiger partial charge in [0.2, 0.25) is 0 Å². The largest absolute Gasteiger partial charge is 0.506 e. The molecule has 4 N–H and O–H groups in total. The van der Waals surface area contributed by atoms with Gasteiger partial charge in [0.05, 0.1) is 28.4 Å². The third-order valence-corrected chi connectivity index (χ3v) is 4.48. The van der Waals surface area contributed by atoms with Gasteiger partial charge in [-0.25, -0.2) is 4.79 Å². The molecule has 0 aliphatic carbocycles. The molecule has 3 rings (SSSR count). The summed E-state index contributed by atoms with van der Waals surface area (Å²) in [4.78, 5) is 47.5. The average molecular weight is 408 g/mol. The number of amides is 2. The minimum atomic E-state index is -0.774. The second kappa shape index (κ2) is 5.74. The zero-order valence-corrected chi connectivity index (χ0v) is 14.2. The molecule has 1 aliphatic heterocycles. The molecule has 0 spiro atoms. The van der Waals surface area contributed by atoms with Crippen LogP contribution in [-0.4, -0.2) is 34.6 Å². The number of imide groups is 1. The van der Waals surface area contributed by atoms with Crippen LogP contribution in [0.4, 0.5) is 5.82 Å². The van der Waals surface area contributed by atoms with Gasteiger partial charge in [0.25, 0.3) is 17.4 Å². The van der Waals surface area contributed by atoms with Gasteiger partial charge < -0.3 is 15.6 Å². The van der Waals surface area contributed by atoms with Crippen molar-refractivity contribution in [2.24, 2.45) is 0 Å². The first-order chi connectivity index (χ1) is 11.8. The molecule has 0 saturated heterocycles. The first-order valence-corrected chi connectivity index (χ1v) is 7.58. The van der Waals surface area contributed by atoms with Crippen molar-refractivity contribution in [3.8, 4) is 11.4 Å². The molecule has 0 atom stereocenters. The van der Waals surface area contributed by atoms with E-state index in [1.54, 1.807) is 0 Å². The average Bonchev–Trinajstić information content (AvgIpc) is 2.85. The van der Waals surface area contributed by atoms with E-state index >= 15 is 0 Å². The van der Waals surface area contributed by atoms with Crippen LogP contribution in [0, 0.1) is 0 Å². The number of hydrogen-bond donors (Lipinski definition) is 3. The number of halogens is 1. The van der Waals surface area contributed by atoms with Gasteiger partial charge in [-0.3, -0.25) is 24.3 Å². The number of methoxy groups -OCH3 is 1. The second-order valence-electron chi connectivity index (χ2n) is 5.06. The summed E-state index contributed by atoms with van der Waals surface area (Å²) in [6, 6.07) is 3.56. The highest BCUT2D eigenvalue weighted by atomic mass is 79.9. The van der Waals surface area contributed by atoms with Crippen molar-refractivity contribution >= 4 is 39.5 Å². The number of anilines is 1. The molecule has 25 heavy (non-hydrogen) atoms. The Hall–Kier alpha value is -3.14. The molecule has 1 aromatic carbocycles. The number of aromatic hydroxyl groups is 1. The van der Waals surface area contributed by atoms with Crippen molar-refractivity contribution in [1.82, 2.24) is 9.88 Å². The first-order valence-electron chi connectivity index (χ1n) is 6.79. The molecule has 0 radical (unpaired) electrons. The number of phenols is 1. The number of nitrogens with zero attached hydrogens (tertiary/aromatic N) is 1. The fourth-order valence-corrected chi connectivity index (χ4v) is 3.05. The molecule has 2 heterocycles. The molecule has 0 unspecified atom stereocenters. The molecule has 10 heteroatoms. The number of hydrogen-bond acceptors (Lipinski definition) is 7. The van der Waals surface area contributed by atoms with E-state index in [1.165, 1.54) is 12.1 Å². The van der Waals surface area contributed by atoms with Crippen LogP contribution in [0.2, 0.25) is 0 Å². The molecule has 1 aliphatic rings. The van der Waals surface area contributed by atoms with Crippen molar-refractivity contribution in [2.45, 2.75) is 0 Å². The molecule has 0 saturated carbocycles. The summed E-state index contributed by atoms with van der Waals surface area (Å²) < 4.78 is 5.49. The number of rotatable bonds is 2. The Bertz CT molecular complexity index is 1030. The summed E-state index contributed by atoms with van der Waals surface area (Å²) in [5.74, 6) is -2.94. The molecule has 0 fully saturated rings. The van der Waals surface area contributed by atoms with Crippen LogP contribution in [-0.2, 0) is 4.74 Å². The fraction of sp³-hybridized carbons (Fsp3) is 0.0667. The topological polar surface area (TPSA) is 141 Å². The molecular formula is C15H10BrN3O6. The summed E-state index contributed by atoms with van der Waals surface area (Å²) in [5.41, 5.74) is 4.94. The lowest BCUT2D eigenvalue weighted by Gasteiger charge is -2.15. The maximum absolute atomic E-state index is 12.4. The van der Waals surface area contributed by atoms with E-state index in [4.69, 9.17) is 5.73 Å². The van der Waals surface area contributed by atoms with Crippen LogP contribution in [0.25, 0.3) is 5.69 Å². The van der Waals surface area contributed by atoms with Crippen LogP contribution in [0.15, 0.2) is 27.5 Å². The van der Waals surface area contributed by atoms with Gasteiger partial charge in [0.15, 0.2) is 0 Å². The van der Waals surface area contributed by atoms with E-state index in [-0.39, 0.29) is 32.7 Å². The van der Waals surface area contributed by atoms with E-state index in [1.807, 2.05) is 0 Å². The Morgan fingerprint density at radius 1 is 1.28 bits per heavy atom. The van der Waals surface area contributed by atoms with Gasteiger partial charge in [-0.2, -0.15) is 0 Å². The molecule has 9 nitrogen and oxygen atoms in total. The third-order valence-electron chi connectivity index (χ3n) is 3.70. The number of phenolic OH excluding ortho intramolecular Hbond substituents is 1. The maximum Gasteiger partial charge on any atom is 0.341 e. The van der Waals surface area contributed by atoms with E-state index in [0.717, 1.165) is 17.7 Å². The smallest absolute Gasteiger partial charge is 0.341 e. The van der Waals surface area contributed by atoms with Crippen LogP contribution in [0.1, 0.15) is 31.1 Å². The Balaban J connectivity index is 2.29. The highest BCUT2D eigenvalue weighted by Crippen LogP contribution is 2.35. The number of ether oxygens (including phenoxy) is 1. The summed E-state index contributed by atoms with van der Waals surface area (Å²) in [7, 11) is 1.15. The molecule has 1 aromatic heterocycles. The van der Waals surface area contributed by atoms with Gasteiger partial charge >= 0.3 is 5.97 Å². The summed E-state index contributed by atoms with van der Waals surface area (Å²) in [5, 5.41) is 12.2. The van der Waals surface area contributed by atoms with Crippen LogP contribution < -0.4 is 16.6 Å². The quantitative estimate of drug-likeness (QED) is 0.487. The highest BCUT2D eigenvalue weighted by Gasteiger charge is 2.32. The number of benzene rings is 1. The van der Waals surface area contributed by atoms with Crippen molar-refractivity contribution in [3.05, 3.63) is 49.7 Å².